The average Bonchev–Trinajstić information content (AvgIpc) is 3.29. The normalized spacial score (nSPS) is 29.4. The van der Waals surface area contributed by atoms with Gasteiger partial charge < -0.3 is 20.5 Å². The molecule has 1 aromatic rings. The molecule has 27 heavy (non-hydrogen) atoms. The highest BCUT2D eigenvalue weighted by molar-refractivity contribution is 5.80. The van der Waals surface area contributed by atoms with Gasteiger partial charge in [-0.1, -0.05) is 24.6 Å². The van der Waals surface area contributed by atoms with Crippen molar-refractivity contribution in [1.29, 1.82) is 0 Å². The number of ether oxygens (including phenoxy) is 1. The molecule has 1 aromatic carbocycles. The number of aliphatic hydroxyl groups excluding tert-OH is 1. The van der Waals surface area contributed by atoms with E-state index in [4.69, 9.17) is 9.73 Å². The zero-order valence-corrected chi connectivity index (χ0v) is 16.4. The maximum Gasteiger partial charge on any atom is 0.191 e. The molecular weight excluding hydrogens is 338 g/mol. The van der Waals surface area contributed by atoms with E-state index in [9.17, 15) is 5.11 Å². The third-order valence-electron chi connectivity index (χ3n) is 6.47. The standard InChI is InChI=1S/C22H33N3O2/c1-2-23-21(24-15-16-8-7-10-19(16)26)25-18-14-22(12-5-6-13-22)27-20-11-4-3-9-17(18)20/h3-4,9,11,16,18-19,26H,2,5-8,10,12-15H2,1H3,(H2,23,24,25). The van der Waals surface area contributed by atoms with Gasteiger partial charge in [-0.3, -0.25) is 4.99 Å². The Kier molecular flexibility index (Phi) is 5.58. The molecule has 3 N–H and O–H groups in total. The largest absolute Gasteiger partial charge is 0.487 e. The summed E-state index contributed by atoms with van der Waals surface area (Å²) in [4.78, 5) is 4.82. The summed E-state index contributed by atoms with van der Waals surface area (Å²) in [6.07, 6.45) is 8.69. The van der Waals surface area contributed by atoms with E-state index >= 15 is 0 Å². The van der Waals surface area contributed by atoms with Crippen molar-refractivity contribution < 1.29 is 9.84 Å². The molecule has 2 aliphatic carbocycles. The quantitative estimate of drug-likeness (QED) is 0.559. The summed E-state index contributed by atoms with van der Waals surface area (Å²) >= 11 is 0. The van der Waals surface area contributed by atoms with Gasteiger partial charge in [0.1, 0.15) is 11.4 Å². The number of aliphatic hydroxyl groups is 1. The van der Waals surface area contributed by atoms with E-state index in [2.05, 4.69) is 41.8 Å². The Morgan fingerprint density at radius 2 is 2.04 bits per heavy atom. The molecule has 5 heteroatoms. The van der Waals surface area contributed by atoms with Gasteiger partial charge >= 0.3 is 0 Å². The Labute approximate surface area is 162 Å². The zero-order valence-electron chi connectivity index (χ0n) is 16.4. The third kappa shape index (κ3) is 4.08. The van der Waals surface area contributed by atoms with Crippen LogP contribution in [0.2, 0.25) is 0 Å². The molecule has 0 amide bonds. The van der Waals surface area contributed by atoms with E-state index in [0.717, 1.165) is 56.8 Å². The van der Waals surface area contributed by atoms with Crippen LogP contribution in [-0.2, 0) is 0 Å². The maximum atomic E-state index is 10.1. The minimum Gasteiger partial charge on any atom is -0.487 e. The minimum atomic E-state index is -0.192. The first-order valence-corrected chi connectivity index (χ1v) is 10.7. The summed E-state index contributed by atoms with van der Waals surface area (Å²) in [5, 5.41) is 17.2. The molecule has 1 spiro atoms. The second-order valence-electron chi connectivity index (χ2n) is 8.41. The van der Waals surface area contributed by atoms with Crippen LogP contribution < -0.4 is 15.4 Å². The van der Waals surface area contributed by atoms with Crippen molar-refractivity contribution in [2.24, 2.45) is 10.9 Å². The topological polar surface area (TPSA) is 65.9 Å². The molecule has 148 valence electrons. The van der Waals surface area contributed by atoms with E-state index < -0.39 is 0 Å². The van der Waals surface area contributed by atoms with Gasteiger partial charge in [-0.05, 0) is 51.5 Å². The Hall–Kier alpha value is -1.75. The van der Waals surface area contributed by atoms with Gasteiger partial charge in [0.05, 0.1) is 12.1 Å². The molecule has 2 saturated carbocycles. The average molecular weight is 372 g/mol. The van der Waals surface area contributed by atoms with Crippen LogP contribution >= 0.6 is 0 Å². The van der Waals surface area contributed by atoms with Crippen molar-refractivity contribution in [1.82, 2.24) is 10.6 Å². The first kappa shape index (κ1) is 18.6. The molecule has 3 aliphatic rings. The van der Waals surface area contributed by atoms with Crippen molar-refractivity contribution in [2.75, 3.05) is 13.1 Å². The van der Waals surface area contributed by atoms with Crippen molar-refractivity contribution in [3.05, 3.63) is 29.8 Å². The van der Waals surface area contributed by atoms with E-state index in [1.165, 1.54) is 18.4 Å². The fourth-order valence-electron chi connectivity index (χ4n) is 5.00. The van der Waals surface area contributed by atoms with Gasteiger partial charge in [0.15, 0.2) is 5.96 Å². The Bertz CT molecular complexity index is 669. The lowest BCUT2D eigenvalue weighted by atomic mass is 9.86. The molecule has 0 bridgehead atoms. The number of guanidine groups is 1. The molecular formula is C22H33N3O2. The molecule has 0 radical (unpaired) electrons. The highest BCUT2D eigenvalue weighted by atomic mass is 16.5. The number of hydrogen-bond acceptors (Lipinski definition) is 3. The molecule has 0 saturated heterocycles. The number of nitrogens with one attached hydrogen (secondary N) is 2. The second-order valence-corrected chi connectivity index (χ2v) is 8.41. The molecule has 0 aromatic heterocycles. The molecule has 3 atom stereocenters. The van der Waals surface area contributed by atoms with Gasteiger partial charge in [-0.15, -0.1) is 0 Å². The number of nitrogens with zero attached hydrogens (tertiary/aromatic N) is 1. The summed E-state index contributed by atoms with van der Waals surface area (Å²) < 4.78 is 6.47. The summed E-state index contributed by atoms with van der Waals surface area (Å²) in [7, 11) is 0. The molecule has 1 aliphatic heterocycles. The molecule has 3 unspecified atom stereocenters. The van der Waals surface area contributed by atoms with Gasteiger partial charge in [-0.2, -0.15) is 0 Å². The van der Waals surface area contributed by atoms with E-state index in [0.29, 0.717) is 12.5 Å². The van der Waals surface area contributed by atoms with Crippen LogP contribution in [0.4, 0.5) is 0 Å². The fraction of sp³-hybridized carbons (Fsp3) is 0.682. The SMILES string of the molecule is CCNC(=NCC1CCCC1O)NC1CC2(CCCC2)Oc2ccccc21. The summed E-state index contributed by atoms with van der Waals surface area (Å²) in [5.74, 6) is 2.17. The van der Waals surface area contributed by atoms with Gasteiger partial charge in [0.2, 0.25) is 0 Å². The predicted octanol–water partition coefficient (Wildman–Crippen LogP) is 3.54. The molecule has 5 nitrogen and oxygen atoms in total. The highest BCUT2D eigenvalue weighted by Crippen LogP contribution is 2.46. The van der Waals surface area contributed by atoms with Crippen molar-refractivity contribution in [3.8, 4) is 5.75 Å². The lowest BCUT2D eigenvalue weighted by Crippen LogP contribution is -2.46. The Morgan fingerprint density at radius 3 is 2.78 bits per heavy atom. The summed E-state index contributed by atoms with van der Waals surface area (Å²) in [6.45, 7) is 3.61. The van der Waals surface area contributed by atoms with Crippen molar-refractivity contribution in [3.63, 3.8) is 0 Å². The van der Waals surface area contributed by atoms with Gasteiger partial charge in [-0.25, -0.2) is 0 Å². The molecule has 4 rings (SSSR count). The highest BCUT2D eigenvalue weighted by Gasteiger charge is 2.43. The van der Waals surface area contributed by atoms with Crippen LogP contribution in [0.25, 0.3) is 0 Å². The number of fused-ring (bicyclic) bond motifs is 1. The van der Waals surface area contributed by atoms with Crippen LogP contribution in [0, 0.1) is 5.92 Å². The number of aliphatic imine (C=N–C) groups is 1. The second kappa shape index (κ2) is 8.09. The molecule has 1 heterocycles. The van der Waals surface area contributed by atoms with Crippen molar-refractivity contribution in [2.45, 2.75) is 76.0 Å². The van der Waals surface area contributed by atoms with Gasteiger partial charge in [0.25, 0.3) is 0 Å². The first-order valence-electron chi connectivity index (χ1n) is 10.7. The first-order chi connectivity index (χ1) is 13.2. The van der Waals surface area contributed by atoms with Crippen LogP contribution in [0.15, 0.2) is 29.3 Å². The summed E-state index contributed by atoms with van der Waals surface area (Å²) in [5.41, 5.74) is 1.20. The van der Waals surface area contributed by atoms with Crippen LogP contribution in [-0.4, -0.2) is 35.9 Å². The Balaban J connectivity index is 1.52. The lowest BCUT2D eigenvalue weighted by molar-refractivity contribution is 0.0396. The van der Waals surface area contributed by atoms with Crippen molar-refractivity contribution >= 4 is 5.96 Å². The van der Waals surface area contributed by atoms with E-state index in [1.54, 1.807) is 0 Å². The molecule has 2 fully saturated rings. The minimum absolute atomic E-state index is 0.0228. The van der Waals surface area contributed by atoms with E-state index in [-0.39, 0.29) is 17.7 Å². The van der Waals surface area contributed by atoms with Crippen LogP contribution in [0.1, 0.15) is 69.9 Å². The number of benzene rings is 1. The maximum absolute atomic E-state index is 10.1. The third-order valence-corrected chi connectivity index (χ3v) is 6.47. The van der Waals surface area contributed by atoms with Crippen LogP contribution in [0.5, 0.6) is 5.75 Å². The fourth-order valence-corrected chi connectivity index (χ4v) is 5.00. The lowest BCUT2D eigenvalue weighted by Gasteiger charge is -2.40. The number of rotatable bonds is 4. The van der Waals surface area contributed by atoms with Gasteiger partial charge in [0, 0.05) is 31.0 Å². The smallest absolute Gasteiger partial charge is 0.191 e. The van der Waals surface area contributed by atoms with Crippen LogP contribution in [0.3, 0.4) is 0 Å². The predicted molar refractivity (Wildman–Crippen MR) is 108 cm³/mol. The van der Waals surface area contributed by atoms with E-state index in [1.807, 2.05) is 0 Å². The summed E-state index contributed by atoms with van der Waals surface area (Å²) in [6, 6.07) is 8.62. The zero-order chi connectivity index (χ0) is 18.7. The number of para-hydroxylation sites is 1. The monoisotopic (exact) mass is 371 g/mol. The number of hydrogen-bond donors (Lipinski definition) is 3. The Morgan fingerprint density at radius 1 is 1.22 bits per heavy atom.